The van der Waals surface area contributed by atoms with Crippen molar-refractivity contribution in [1.29, 1.82) is 0 Å². The average Bonchev–Trinajstić information content (AvgIpc) is 2.71. The van der Waals surface area contributed by atoms with E-state index in [0.717, 1.165) is 22.4 Å². The Kier molecular flexibility index (Phi) is 2.10. The number of hydrogen-bond donors (Lipinski definition) is 0. The summed E-state index contributed by atoms with van der Waals surface area (Å²) in [5.41, 5.74) is 5.29. The SMILES string of the molecule is Cc1ccc2c(c1)nc1cc(N3CC(F)C3)ccn12. The van der Waals surface area contributed by atoms with Crippen molar-refractivity contribution in [2.75, 3.05) is 18.0 Å². The van der Waals surface area contributed by atoms with Crippen LogP contribution in [0.5, 0.6) is 0 Å². The Hall–Kier alpha value is -2.10. The number of anilines is 1. The normalized spacial score (nSPS) is 16.2. The molecule has 4 rings (SSSR count). The van der Waals surface area contributed by atoms with Gasteiger partial charge in [0.1, 0.15) is 11.8 Å². The Morgan fingerprint density at radius 1 is 1.21 bits per heavy atom. The molecule has 0 N–H and O–H groups in total. The minimum atomic E-state index is -0.683. The van der Waals surface area contributed by atoms with Crippen LogP contribution >= 0.6 is 0 Å². The minimum Gasteiger partial charge on any atom is -0.365 e. The van der Waals surface area contributed by atoms with Crippen LogP contribution in [0.25, 0.3) is 16.7 Å². The highest BCUT2D eigenvalue weighted by atomic mass is 19.1. The van der Waals surface area contributed by atoms with Crippen LogP contribution in [0.1, 0.15) is 5.56 Å². The first-order chi connectivity index (χ1) is 9.20. The van der Waals surface area contributed by atoms with Gasteiger partial charge in [-0.15, -0.1) is 0 Å². The number of benzene rings is 1. The number of hydrogen-bond acceptors (Lipinski definition) is 2. The van der Waals surface area contributed by atoms with Crippen LogP contribution in [0, 0.1) is 6.92 Å². The Labute approximate surface area is 110 Å². The van der Waals surface area contributed by atoms with Crippen LogP contribution < -0.4 is 4.90 Å². The highest BCUT2D eigenvalue weighted by Crippen LogP contribution is 2.26. The van der Waals surface area contributed by atoms with Gasteiger partial charge in [0, 0.05) is 18.0 Å². The third-order valence-corrected chi connectivity index (χ3v) is 3.75. The maximum atomic E-state index is 12.9. The monoisotopic (exact) mass is 255 g/mol. The van der Waals surface area contributed by atoms with Gasteiger partial charge in [-0.25, -0.2) is 9.37 Å². The van der Waals surface area contributed by atoms with E-state index in [1.807, 2.05) is 23.2 Å². The molecule has 19 heavy (non-hydrogen) atoms. The van der Waals surface area contributed by atoms with E-state index in [1.54, 1.807) is 0 Å². The molecule has 96 valence electrons. The van der Waals surface area contributed by atoms with Crippen molar-refractivity contribution in [1.82, 2.24) is 9.38 Å². The van der Waals surface area contributed by atoms with Gasteiger partial charge in [-0.05, 0) is 30.7 Å². The van der Waals surface area contributed by atoms with Gasteiger partial charge in [-0.3, -0.25) is 4.40 Å². The van der Waals surface area contributed by atoms with E-state index < -0.39 is 6.17 Å². The molecule has 4 heteroatoms. The van der Waals surface area contributed by atoms with Gasteiger partial charge in [0.2, 0.25) is 0 Å². The first kappa shape index (κ1) is 10.8. The lowest BCUT2D eigenvalue weighted by Gasteiger charge is -2.36. The smallest absolute Gasteiger partial charge is 0.139 e. The molecule has 3 heterocycles. The molecule has 3 nitrogen and oxygen atoms in total. The quantitative estimate of drug-likeness (QED) is 0.666. The molecular weight excluding hydrogens is 241 g/mol. The van der Waals surface area contributed by atoms with Crippen LogP contribution in [-0.2, 0) is 0 Å². The molecule has 1 aliphatic rings. The molecule has 1 aliphatic heterocycles. The molecule has 0 unspecified atom stereocenters. The zero-order valence-corrected chi connectivity index (χ0v) is 10.7. The molecule has 0 spiro atoms. The third-order valence-electron chi connectivity index (χ3n) is 3.75. The number of imidazole rings is 1. The molecule has 0 amide bonds. The van der Waals surface area contributed by atoms with E-state index in [4.69, 9.17) is 0 Å². The number of nitrogens with zero attached hydrogens (tertiary/aromatic N) is 3. The first-order valence-corrected chi connectivity index (χ1v) is 6.48. The van der Waals surface area contributed by atoms with Crippen molar-refractivity contribution in [3.05, 3.63) is 42.1 Å². The van der Waals surface area contributed by atoms with Crippen LogP contribution in [0.3, 0.4) is 0 Å². The van der Waals surface area contributed by atoms with Gasteiger partial charge >= 0.3 is 0 Å². The lowest BCUT2D eigenvalue weighted by atomic mass is 10.1. The molecule has 1 aromatic carbocycles. The van der Waals surface area contributed by atoms with E-state index in [1.165, 1.54) is 5.56 Å². The molecular formula is C15H14FN3. The van der Waals surface area contributed by atoms with E-state index in [-0.39, 0.29) is 0 Å². The summed E-state index contributed by atoms with van der Waals surface area (Å²) in [7, 11) is 0. The van der Waals surface area contributed by atoms with Crippen molar-refractivity contribution in [3.8, 4) is 0 Å². The lowest BCUT2D eigenvalue weighted by Crippen LogP contribution is -2.48. The Bertz CT molecular complexity index is 772. The number of fused-ring (bicyclic) bond motifs is 3. The fraction of sp³-hybridized carbons (Fsp3) is 0.267. The van der Waals surface area contributed by atoms with Gasteiger partial charge < -0.3 is 4.90 Å². The van der Waals surface area contributed by atoms with Gasteiger partial charge in [-0.2, -0.15) is 0 Å². The highest BCUT2D eigenvalue weighted by Gasteiger charge is 2.26. The summed E-state index contributed by atoms with van der Waals surface area (Å²) >= 11 is 0. The second kappa shape index (κ2) is 3.70. The van der Waals surface area contributed by atoms with Crippen LogP contribution in [-0.4, -0.2) is 28.6 Å². The van der Waals surface area contributed by atoms with Gasteiger partial charge in [0.25, 0.3) is 0 Å². The molecule has 2 aromatic heterocycles. The summed E-state index contributed by atoms with van der Waals surface area (Å²) in [5.74, 6) is 0. The second-order valence-corrected chi connectivity index (χ2v) is 5.22. The highest BCUT2D eigenvalue weighted by molar-refractivity contribution is 5.82. The van der Waals surface area contributed by atoms with Crippen molar-refractivity contribution in [2.24, 2.45) is 0 Å². The fourth-order valence-corrected chi connectivity index (χ4v) is 2.65. The predicted molar refractivity (Wildman–Crippen MR) is 74.5 cm³/mol. The lowest BCUT2D eigenvalue weighted by molar-refractivity contribution is 0.275. The van der Waals surface area contributed by atoms with E-state index >= 15 is 0 Å². The van der Waals surface area contributed by atoms with Crippen molar-refractivity contribution in [3.63, 3.8) is 0 Å². The average molecular weight is 255 g/mol. The summed E-state index contributed by atoms with van der Waals surface area (Å²) in [6, 6.07) is 10.3. The van der Waals surface area contributed by atoms with Gasteiger partial charge in [0.15, 0.2) is 0 Å². The maximum absolute atomic E-state index is 12.9. The summed E-state index contributed by atoms with van der Waals surface area (Å²) < 4.78 is 15.0. The number of rotatable bonds is 1. The standard InChI is InChI=1S/C15H14FN3/c1-10-2-3-14-13(6-10)17-15-7-12(4-5-19(14)15)18-8-11(16)9-18/h2-7,11H,8-9H2,1H3. The minimum absolute atomic E-state index is 0.496. The zero-order valence-electron chi connectivity index (χ0n) is 10.7. The molecule has 1 saturated heterocycles. The molecule has 1 fully saturated rings. The van der Waals surface area contributed by atoms with E-state index in [2.05, 4.69) is 34.5 Å². The van der Waals surface area contributed by atoms with Gasteiger partial charge in [-0.1, -0.05) is 6.07 Å². The Balaban J connectivity index is 1.87. The summed E-state index contributed by atoms with van der Waals surface area (Å²) in [6.07, 6.45) is 1.33. The maximum Gasteiger partial charge on any atom is 0.139 e. The molecule has 0 saturated carbocycles. The second-order valence-electron chi connectivity index (χ2n) is 5.22. The van der Waals surface area contributed by atoms with Crippen molar-refractivity contribution >= 4 is 22.4 Å². The topological polar surface area (TPSA) is 20.5 Å². The molecule has 0 radical (unpaired) electrons. The van der Waals surface area contributed by atoms with E-state index in [0.29, 0.717) is 13.1 Å². The largest absolute Gasteiger partial charge is 0.365 e. The van der Waals surface area contributed by atoms with Crippen LogP contribution in [0.4, 0.5) is 10.1 Å². The summed E-state index contributed by atoms with van der Waals surface area (Å²) in [4.78, 5) is 6.68. The molecule has 0 aliphatic carbocycles. The Morgan fingerprint density at radius 3 is 2.84 bits per heavy atom. The summed E-state index contributed by atoms with van der Waals surface area (Å²) in [5, 5.41) is 0. The van der Waals surface area contributed by atoms with Crippen LogP contribution in [0.2, 0.25) is 0 Å². The molecule has 0 bridgehead atoms. The number of aryl methyl sites for hydroxylation is 1. The predicted octanol–water partition coefficient (Wildman–Crippen LogP) is 2.95. The molecule has 0 atom stereocenters. The van der Waals surface area contributed by atoms with Crippen molar-refractivity contribution in [2.45, 2.75) is 13.1 Å². The number of pyridine rings is 1. The third kappa shape index (κ3) is 1.59. The Morgan fingerprint density at radius 2 is 2.05 bits per heavy atom. The summed E-state index contributed by atoms with van der Waals surface area (Å²) in [6.45, 7) is 3.06. The first-order valence-electron chi connectivity index (χ1n) is 6.48. The molecule has 3 aromatic rings. The number of alkyl halides is 1. The van der Waals surface area contributed by atoms with Crippen LogP contribution in [0.15, 0.2) is 36.5 Å². The van der Waals surface area contributed by atoms with Crippen molar-refractivity contribution < 1.29 is 4.39 Å². The fourth-order valence-electron chi connectivity index (χ4n) is 2.65. The van der Waals surface area contributed by atoms with Gasteiger partial charge in [0.05, 0.1) is 24.1 Å². The van der Waals surface area contributed by atoms with E-state index in [9.17, 15) is 4.39 Å². The number of halogens is 1. The zero-order chi connectivity index (χ0) is 13.0. The number of aromatic nitrogens is 2.